The predicted octanol–water partition coefficient (Wildman–Crippen LogP) is 1.53. The van der Waals surface area contributed by atoms with E-state index >= 15 is 0 Å². The summed E-state index contributed by atoms with van der Waals surface area (Å²) in [5, 5.41) is 19.7. The van der Waals surface area contributed by atoms with Crippen molar-refractivity contribution < 1.29 is 14.8 Å². The molecule has 5 nitrogen and oxygen atoms in total. The topological polar surface area (TPSA) is 72.6 Å². The number of aliphatic hydroxyl groups is 1. The van der Waals surface area contributed by atoms with Gasteiger partial charge in [-0.15, -0.1) is 0 Å². The number of nitrogens with zero attached hydrogens (tertiary/aromatic N) is 1. The first-order valence-corrected chi connectivity index (χ1v) is 5.16. The molecule has 2 atom stereocenters. The van der Waals surface area contributed by atoms with Gasteiger partial charge in [0.2, 0.25) is 0 Å². The monoisotopic (exact) mass is 223 g/mol. The second kappa shape index (κ2) is 4.09. The molecule has 0 fully saturated rings. The first-order valence-electron chi connectivity index (χ1n) is 5.16. The van der Waals surface area contributed by atoms with Gasteiger partial charge in [0.05, 0.1) is 11.5 Å². The first kappa shape index (κ1) is 10.9. The molecule has 1 aliphatic rings. The van der Waals surface area contributed by atoms with Gasteiger partial charge in [0.1, 0.15) is 11.9 Å². The minimum Gasteiger partial charge on any atom is -0.487 e. The number of aliphatic hydroxyl groups excluding tert-OH is 1. The molecule has 1 aromatic rings. The van der Waals surface area contributed by atoms with Crippen LogP contribution in [0, 0.1) is 16.0 Å². The lowest BCUT2D eigenvalue weighted by atomic mass is 9.92. The summed E-state index contributed by atoms with van der Waals surface area (Å²) in [6, 6.07) is 4.56. The van der Waals surface area contributed by atoms with E-state index in [1.807, 2.05) is 6.92 Å². The van der Waals surface area contributed by atoms with Crippen molar-refractivity contribution in [3.63, 3.8) is 0 Å². The Morgan fingerprint density at radius 1 is 1.62 bits per heavy atom. The number of non-ortho nitro benzene ring substituents is 1. The number of hydrogen-bond donors (Lipinski definition) is 1. The molecule has 0 aliphatic carbocycles. The Kier molecular flexibility index (Phi) is 2.78. The molecule has 0 spiro atoms. The van der Waals surface area contributed by atoms with E-state index in [1.165, 1.54) is 6.07 Å². The van der Waals surface area contributed by atoms with Crippen molar-refractivity contribution in [2.45, 2.75) is 19.4 Å². The Bertz CT molecular complexity index is 418. The minimum atomic E-state index is -0.414. The molecule has 1 heterocycles. The van der Waals surface area contributed by atoms with Crippen LogP contribution < -0.4 is 4.74 Å². The second-order valence-corrected chi connectivity index (χ2v) is 4.07. The van der Waals surface area contributed by atoms with Crippen LogP contribution >= 0.6 is 0 Å². The molecule has 1 aliphatic heterocycles. The van der Waals surface area contributed by atoms with Crippen LogP contribution in [0.5, 0.6) is 5.75 Å². The molecule has 1 N–H and O–H groups in total. The number of benzene rings is 1. The van der Waals surface area contributed by atoms with Crippen molar-refractivity contribution in [1.29, 1.82) is 0 Å². The molecule has 2 rings (SSSR count). The third-order valence-corrected chi connectivity index (χ3v) is 2.89. The van der Waals surface area contributed by atoms with Crippen molar-refractivity contribution in [1.82, 2.24) is 0 Å². The number of hydrogen-bond acceptors (Lipinski definition) is 4. The van der Waals surface area contributed by atoms with Gasteiger partial charge in [-0.2, -0.15) is 0 Å². The fourth-order valence-electron chi connectivity index (χ4n) is 1.93. The van der Waals surface area contributed by atoms with Crippen molar-refractivity contribution in [3.8, 4) is 5.75 Å². The standard InChI is InChI=1S/C11H13NO4/c1-7-4-8-5-9(12(14)15)2-3-10(8)16-11(7)6-13/h2-3,5,7,11,13H,4,6H2,1H3. The van der Waals surface area contributed by atoms with E-state index in [-0.39, 0.29) is 24.3 Å². The lowest BCUT2D eigenvalue weighted by Crippen LogP contribution is -2.34. The maximum atomic E-state index is 10.6. The molecule has 0 radical (unpaired) electrons. The zero-order valence-corrected chi connectivity index (χ0v) is 8.92. The van der Waals surface area contributed by atoms with E-state index in [0.29, 0.717) is 12.2 Å². The number of nitro groups is 1. The van der Waals surface area contributed by atoms with E-state index in [0.717, 1.165) is 5.56 Å². The summed E-state index contributed by atoms with van der Waals surface area (Å²) in [7, 11) is 0. The predicted molar refractivity (Wildman–Crippen MR) is 57.5 cm³/mol. The second-order valence-electron chi connectivity index (χ2n) is 4.07. The number of nitro benzene ring substituents is 1. The Morgan fingerprint density at radius 3 is 3.00 bits per heavy atom. The normalized spacial score (nSPS) is 23.4. The van der Waals surface area contributed by atoms with Gasteiger partial charge < -0.3 is 9.84 Å². The molecule has 0 amide bonds. The Balaban J connectivity index is 2.32. The van der Waals surface area contributed by atoms with Gasteiger partial charge in [0, 0.05) is 17.7 Å². The third kappa shape index (κ3) is 1.86. The fourth-order valence-corrected chi connectivity index (χ4v) is 1.93. The molecule has 16 heavy (non-hydrogen) atoms. The summed E-state index contributed by atoms with van der Waals surface area (Å²) in [6.45, 7) is 1.93. The van der Waals surface area contributed by atoms with E-state index in [4.69, 9.17) is 9.84 Å². The van der Waals surface area contributed by atoms with E-state index in [9.17, 15) is 10.1 Å². The van der Waals surface area contributed by atoms with E-state index < -0.39 is 4.92 Å². The SMILES string of the molecule is CC1Cc2cc([N+](=O)[O-])ccc2OC1CO. The molecule has 5 heteroatoms. The molecule has 86 valence electrons. The lowest BCUT2D eigenvalue weighted by molar-refractivity contribution is -0.385. The van der Waals surface area contributed by atoms with E-state index in [2.05, 4.69) is 0 Å². The molecular formula is C11H13NO4. The van der Waals surface area contributed by atoms with Crippen molar-refractivity contribution in [3.05, 3.63) is 33.9 Å². The molecule has 0 bridgehead atoms. The highest BCUT2D eigenvalue weighted by Gasteiger charge is 2.27. The summed E-state index contributed by atoms with van der Waals surface area (Å²) >= 11 is 0. The summed E-state index contributed by atoms with van der Waals surface area (Å²) in [6.07, 6.45) is 0.483. The average molecular weight is 223 g/mol. The molecule has 1 aromatic carbocycles. The van der Waals surface area contributed by atoms with Crippen LogP contribution in [0.4, 0.5) is 5.69 Å². The van der Waals surface area contributed by atoms with Crippen LogP contribution in [0.25, 0.3) is 0 Å². The lowest BCUT2D eigenvalue weighted by Gasteiger charge is -2.30. The number of ether oxygens (including phenoxy) is 1. The van der Waals surface area contributed by atoms with Gasteiger partial charge in [-0.05, 0) is 18.4 Å². The maximum absolute atomic E-state index is 10.6. The van der Waals surface area contributed by atoms with Crippen LogP contribution in [0.15, 0.2) is 18.2 Å². The van der Waals surface area contributed by atoms with Gasteiger partial charge in [-0.1, -0.05) is 6.92 Å². The Hall–Kier alpha value is -1.62. The highest BCUT2D eigenvalue weighted by molar-refractivity contribution is 5.45. The van der Waals surface area contributed by atoms with Crippen LogP contribution in [0.3, 0.4) is 0 Å². The number of fused-ring (bicyclic) bond motifs is 1. The van der Waals surface area contributed by atoms with Crippen molar-refractivity contribution in [2.75, 3.05) is 6.61 Å². The van der Waals surface area contributed by atoms with Crippen LogP contribution in [-0.4, -0.2) is 22.7 Å². The highest BCUT2D eigenvalue weighted by atomic mass is 16.6. The van der Waals surface area contributed by atoms with Gasteiger partial charge in [-0.3, -0.25) is 10.1 Å². The number of rotatable bonds is 2. The molecule has 2 unspecified atom stereocenters. The molecular weight excluding hydrogens is 210 g/mol. The minimum absolute atomic E-state index is 0.0302. The van der Waals surface area contributed by atoms with Gasteiger partial charge in [0.25, 0.3) is 5.69 Å². The quantitative estimate of drug-likeness (QED) is 0.609. The van der Waals surface area contributed by atoms with Crippen molar-refractivity contribution in [2.24, 2.45) is 5.92 Å². The van der Waals surface area contributed by atoms with Crippen LogP contribution in [-0.2, 0) is 6.42 Å². The average Bonchev–Trinajstić information content (AvgIpc) is 2.27. The summed E-state index contributed by atoms with van der Waals surface area (Å²) < 4.78 is 5.56. The Morgan fingerprint density at radius 2 is 2.38 bits per heavy atom. The van der Waals surface area contributed by atoms with E-state index in [1.54, 1.807) is 12.1 Å². The zero-order valence-electron chi connectivity index (χ0n) is 8.92. The van der Waals surface area contributed by atoms with Gasteiger partial charge in [-0.25, -0.2) is 0 Å². The first-order chi connectivity index (χ1) is 7.61. The Labute approximate surface area is 92.8 Å². The third-order valence-electron chi connectivity index (χ3n) is 2.89. The summed E-state index contributed by atoms with van der Waals surface area (Å²) in [4.78, 5) is 10.2. The largest absolute Gasteiger partial charge is 0.487 e. The maximum Gasteiger partial charge on any atom is 0.269 e. The molecule has 0 saturated carbocycles. The zero-order chi connectivity index (χ0) is 11.7. The van der Waals surface area contributed by atoms with Gasteiger partial charge in [0.15, 0.2) is 0 Å². The molecule has 0 saturated heterocycles. The highest BCUT2D eigenvalue weighted by Crippen LogP contribution is 2.33. The smallest absolute Gasteiger partial charge is 0.269 e. The van der Waals surface area contributed by atoms with Crippen molar-refractivity contribution >= 4 is 5.69 Å². The summed E-state index contributed by atoms with van der Waals surface area (Å²) in [5.74, 6) is 0.808. The van der Waals surface area contributed by atoms with Gasteiger partial charge >= 0.3 is 0 Å². The van der Waals surface area contributed by atoms with Crippen LogP contribution in [0.1, 0.15) is 12.5 Å². The molecule has 0 aromatic heterocycles. The summed E-state index contributed by atoms with van der Waals surface area (Å²) in [5.41, 5.74) is 0.920. The van der Waals surface area contributed by atoms with Crippen LogP contribution in [0.2, 0.25) is 0 Å². The fraction of sp³-hybridized carbons (Fsp3) is 0.455.